The highest BCUT2D eigenvalue weighted by Crippen LogP contribution is 2.36. The fourth-order valence-corrected chi connectivity index (χ4v) is 12.2. The molecule has 0 saturated carbocycles. The van der Waals surface area contributed by atoms with Crippen LogP contribution >= 0.6 is 0 Å². The topological polar surface area (TPSA) is 54.5 Å². The smallest absolute Gasteiger partial charge is 0.416 e. The summed E-state index contributed by atoms with van der Waals surface area (Å²) in [6.45, 7) is 13.4. The van der Waals surface area contributed by atoms with Gasteiger partial charge in [-0.25, -0.2) is 4.79 Å². The number of carbonyl (C=O) groups is 1. The number of allylic oxidation sites excluding steroid dienone is 6. The van der Waals surface area contributed by atoms with Crippen LogP contribution in [-0.2, 0) is 4.74 Å². The van der Waals surface area contributed by atoms with E-state index in [4.69, 9.17) is 4.74 Å². The van der Waals surface area contributed by atoms with Gasteiger partial charge in [0.15, 0.2) is 0 Å². The monoisotopic (exact) mass is 652 g/mol. The third-order valence-electron chi connectivity index (χ3n) is 8.92. The van der Waals surface area contributed by atoms with E-state index in [1.807, 2.05) is 86.9 Å². The lowest BCUT2D eigenvalue weighted by Crippen LogP contribution is -2.58. The number of unbranched alkanes of at least 4 members (excludes halogenated alkanes) is 3. The maximum atomic E-state index is 11.9. The van der Waals surface area contributed by atoms with Gasteiger partial charge in [0.05, 0.1) is 0 Å². The first kappa shape index (κ1) is 36.2. The molecule has 0 aromatic carbocycles. The molecule has 0 aliphatic carbocycles. The molecule has 47 heavy (non-hydrogen) atoms. The van der Waals surface area contributed by atoms with Gasteiger partial charge < -0.3 is 33.7 Å². The van der Waals surface area contributed by atoms with Gasteiger partial charge in [-0.15, -0.1) is 0 Å². The predicted molar refractivity (Wildman–Crippen MR) is 203 cm³/mol. The Morgan fingerprint density at radius 3 is 1.77 bits per heavy atom. The molecule has 0 radical (unpaired) electrons. The van der Waals surface area contributed by atoms with Crippen molar-refractivity contribution in [2.45, 2.75) is 104 Å². The minimum Gasteiger partial charge on any atom is -0.444 e. The number of carbonyl (C=O) groups excluding carboxylic acids is 1. The van der Waals surface area contributed by atoms with Gasteiger partial charge in [-0.05, 0) is 81.9 Å². The van der Waals surface area contributed by atoms with Crippen LogP contribution in [0.25, 0.3) is 0 Å². The molecule has 8 nitrogen and oxygen atoms in total. The van der Waals surface area contributed by atoms with E-state index in [1.165, 1.54) is 56.7 Å². The standard InChI is InChI=1S/C18H33BN2Si.C11H15BN2O2.C6H7BN2/c1-4-7-16-22(17-8-5-2,18-9-6-3)21-15-14-20-13-11-10-12-19(20)21;1-11(2,3)16-10(15)14-9-8-13-7-5-4-6-12(13)14;1-2-5-9-6-4-8-7(9)3-1/h10-15H,4-9,16-18H2,1-3H3;4-9H,1-3H3;1-6,8H. The first-order valence-electron chi connectivity index (χ1n) is 17.7. The minimum atomic E-state index is -1.41. The quantitative estimate of drug-likeness (QED) is 0.239. The Labute approximate surface area is 287 Å². The van der Waals surface area contributed by atoms with Crippen molar-refractivity contribution < 1.29 is 9.53 Å². The molecule has 0 unspecified atom stereocenters. The van der Waals surface area contributed by atoms with Crippen LogP contribution in [0.15, 0.2) is 110 Å². The summed E-state index contributed by atoms with van der Waals surface area (Å²) in [4.78, 5) is 19.9. The summed E-state index contributed by atoms with van der Waals surface area (Å²) in [5.74, 6) is 6.44. The minimum absolute atomic E-state index is 0.0835. The van der Waals surface area contributed by atoms with Crippen LogP contribution < -0.4 is 5.23 Å². The van der Waals surface area contributed by atoms with Gasteiger partial charge >= 0.3 is 27.0 Å². The number of hydrogen-bond donors (Lipinski definition) is 1. The second-order valence-corrected chi connectivity index (χ2v) is 18.2. The molecule has 0 atom stereocenters. The Morgan fingerprint density at radius 2 is 1.19 bits per heavy atom. The maximum Gasteiger partial charge on any atom is 0.416 e. The number of ether oxygens (including phenoxy) is 1. The lowest BCUT2D eigenvalue weighted by molar-refractivity contribution is 0.0436. The molecule has 6 aliphatic heterocycles. The molecule has 0 aromatic rings. The van der Waals surface area contributed by atoms with E-state index in [9.17, 15) is 4.79 Å². The first-order chi connectivity index (χ1) is 22.7. The summed E-state index contributed by atoms with van der Waals surface area (Å²) < 4.78 is 8.14. The SMILES string of the molecule is C1=CB2NC=CN2C=C1.CC(C)(C)OC(=O)N1C=CN2C=CC=CB21.CCCC[Si](CCCC)(CCCC)N1C=CN2C=CC=CB21. The highest BCUT2D eigenvalue weighted by Gasteiger charge is 2.45. The second-order valence-electron chi connectivity index (χ2n) is 13.7. The van der Waals surface area contributed by atoms with Crippen molar-refractivity contribution in [2.24, 2.45) is 0 Å². The summed E-state index contributed by atoms with van der Waals surface area (Å²) in [6.07, 6.45) is 38.6. The molecule has 1 N–H and O–H groups in total. The molecule has 0 aromatic heterocycles. The predicted octanol–water partition coefficient (Wildman–Crippen LogP) is 8.13. The van der Waals surface area contributed by atoms with Crippen LogP contribution in [0.1, 0.15) is 80.1 Å². The average Bonchev–Trinajstić information content (AvgIpc) is 3.83. The molecular weight excluding hydrogens is 597 g/mol. The van der Waals surface area contributed by atoms with E-state index in [-0.39, 0.29) is 13.1 Å². The summed E-state index contributed by atoms with van der Waals surface area (Å²) in [5.41, 5.74) is -0.466. The highest BCUT2D eigenvalue weighted by molar-refractivity contribution is 6.87. The Morgan fingerprint density at radius 1 is 0.660 bits per heavy atom. The molecule has 0 spiro atoms. The van der Waals surface area contributed by atoms with E-state index in [2.05, 4.69) is 82.8 Å². The van der Waals surface area contributed by atoms with E-state index >= 15 is 0 Å². The fourth-order valence-electron chi connectivity index (χ4n) is 6.45. The molecule has 6 heterocycles. The van der Waals surface area contributed by atoms with Crippen LogP contribution in [0.5, 0.6) is 0 Å². The van der Waals surface area contributed by atoms with E-state index in [0.29, 0.717) is 14.0 Å². The zero-order valence-electron chi connectivity index (χ0n) is 29.5. The van der Waals surface area contributed by atoms with Crippen LogP contribution in [0.2, 0.25) is 18.1 Å². The summed E-state index contributed by atoms with van der Waals surface area (Å²) >= 11 is 0. The van der Waals surface area contributed by atoms with Crippen LogP contribution in [-0.4, -0.2) is 64.6 Å². The van der Waals surface area contributed by atoms with Crippen molar-refractivity contribution in [1.82, 2.24) is 28.9 Å². The van der Waals surface area contributed by atoms with Gasteiger partial charge in [0.25, 0.3) is 0 Å². The summed E-state index contributed by atoms with van der Waals surface area (Å²) in [5, 5.41) is 3.17. The fraction of sp³-hybridized carbons (Fsp3) is 0.457. The van der Waals surface area contributed by atoms with Crippen LogP contribution in [0.3, 0.4) is 0 Å². The lowest BCUT2D eigenvalue weighted by atomic mass is 9.72. The van der Waals surface area contributed by atoms with Gasteiger partial charge in [0, 0.05) is 31.0 Å². The first-order valence-corrected chi connectivity index (χ1v) is 20.2. The highest BCUT2D eigenvalue weighted by atomic mass is 28.3. The maximum absolute atomic E-state index is 11.9. The number of rotatable bonds is 10. The molecular formula is C35H55B3N6O2Si. The van der Waals surface area contributed by atoms with Gasteiger partial charge in [0.2, 0.25) is 0 Å². The van der Waals surface area contributed by atoms with Gasteiger partial charge in [-0.3, -0.25) is 0 Å². The molecule has 6 rings (SSSR count). The number of nitrogens with one attached hydrogen (secondary N) is 1. The molecule has 0 saturated heterocycles. The Hall–Kier alpha value is -3.66. The summed E-state index contributed by atoms with van der Waals surface area (Å²) in [7, 11) is -1.41. The average molecular weight is 652 g/mol. The van der Waals surface area contributed by atoms with Crippen molar-refractivity contribution in [3.63, 3.8) is 0 Å². The third-order valence-corrected chi connectivity index (χ3v) is 14.3. The Kier molecular flexibility index (Phi) is 13.5. The zero-order valence-corrected chi connectivity index (χ0v) is 30.5. The van der Waals surface area contributed by atoms with E-state index in [1.54, 1.807) is 11.0 Å². The molecule has 0 bridgehead atoms. The van der Waals surface area contributed by atoms with Gasteiger partial charge in [0.1, 0.15) is 13.8 Å². The van der Waals surface area contributed by atoms with Crippen molar-refractivity contribution >= 4 is 35.3 Å². The number of amides is 1. The molecule has 250 valence electrons. The second kappa shape index (κ2) is 17.5. The Balaban J connectivity index is 0.000000173. The largest absolute Gasteiger partial charge is 0.444 e. The van der Waals surface area contributed by atoms with Crippen LogP contribution in [0, 0.1) is 0 Å². The normalized spacial score (nSPS) is 17.9. The van der Waals surface area contributed by atoms with Gasteiger partial charge in [-0.2, -0.15) is 0 Å². The van der Waals surface area contributed by atoms with E-state index < -0.39 is 13.8 Å². The number of fused-ring (bicyclic) bond motifs is 3. The van der Waals surface area contributed by atoms with Crippen molar-refractivity contribution in [1.29, 1.82) is 0 Å². The molecule has 1 amide bonds. The molecule has 12 heteroatoms. The Bertz CT molecular complexity index is 1280. The van der Waals surface area contributed by atoms with Gasteiger partial charge in [-0.1, -0.05) is 95.5 Å². The molecule has 0 fully saturated rings. The lowest BCUT2D eigenvalue weighted by Gasteiger charge is -2.44. The molecule has 6 aliphatic rings. The number of hydrogen-bond acceptors (Lipinski definition) is 7. The summed E-state index contributed by atoms with van der Waals surface area (Å²) in [6, 6.07) is 4.40. The zero-order chi connectivity index (χ0) is 33.7. The van der Waals surface area contributed by atoms with Crippen molar-refractivity contribution in [3.05, 3.63) is 110 Å². The van der Waals surface area contributed by atoms with Crippen LogP contribution in [0.4, 0.5) is 4.79 Å². The van der Waals surface area contributed by atoms with Crippen molar-refractivity contribution in [2.75, 3.05) is 0 Å². The third kappa shape index (κ3) is 9.92. The number of nitrogens with zero attached hydrogens (tertiary/aromatic N) is 5. The van der Waals surface area contributed by atoms with Crippen molar-refractivity contribution in [3.8, 4) is 0 Å². The van der Waals surface area contributed by atoms with E-state index in [0.717, 1.165) is 0 Å².